The molecule has 82 valence electrons. The van der Waals surface area contributed by atoms with Crippen LogP contribution in [0.5, 0.6) is 5.75 Å². The predicted octanol–water partition coefficient (Wildman–Crippen LogP) is 2.16. The number of carbonyl (C=O) groups is 1. The molecule has 1 amide bonds. The molecule has 3 nitrogen and oxygen atoms in total. The van der Waals surface area contributed by atoms with Crippen molar-refractivity contribution in [2.45, 2.75) is 26.4 Å². The van der Waals surface area contributed by atoms with Crippen LogP contribution in [0.4, 0.5) is 0 Å². The summed E-state index contributed by atoms with van der Waals surface area (Å²) in [6, 6.07) is 5.21. The Morgan fingerprint density at radius 1 is 1.53 bits per heavy atom. The number of amides is 1. The average molecular weight is 228 g/mol. The monoisotopic (exact) mass is 227 g/mol. The van der Waals surface area contributed by atoms with Crippen LogP contribution in [-0.4, -0.2) is 12.0 Å². The van der Waals surface area contributed by atoms with Gasteiger partial charge in [0, 0.05) is 0 Å². The molecule has 2 N–H and O–H groups in total. The van der Waals surface area contributed by atoms with Crippen molar-refractivity contribution < 1.29 is 9.53 Å². The molecule has 0 spiro atoms. The Morgan fingerprint density at radius 2 is 2.20 bits per heavy atom. The molecular weight excluding hydrogens is 214 g/mol. The lowest BCUT2D eigenvalue weighted by Crippen LogP contribution is -2.14. The fourth-order valence-corrected chi connectivity index (χ4v) is 1.37. The fraction of sp³-hybridized carbons (Fsp3) is 0.364. The largest absolute Gasteiger partial charge is 0.489 e. The van der Waals surface area contributed by atoms with Crippen LogP contribution in [-0.2, 0) is 11.2 Å². The van der Waals surface area contributed by atoms with Gasteiger partial charge in [0.05, 0.1) is 17.5 Å². The van der Waals surface area contributed by atoms with Crippen LogP contribution in [0.25, 0.3) is 0 Å². The van der Waals surface area contributed by atoms with Gasteiger partial charge < -0.3 is 10.5 Å². The van der Waals surface area contributed by atoms with Crippen LogP contribution in [0, 0.1) is 0 Å². The molecule has 0 bridgehead atoms. The molecule has 0 aliphatic rings. The molecule has 0 fully saturated rings. The molecule has 1 aromatic rings. The zero-order valence-corrected chi connectivity index (χ0v) is 9.54. The summed E-state index contributed by atoms with van der Waals surface area (Å²) in [6.07, 6.45) is 0.248. The summed E-state index contributed by atoms with van der Waals surface area (Å²) < 4.78 is 5.48. The van der Waals surface area contributed by atoms with Crippen LogP contribution in [0.2, 0.25) is 5.02 Å². The quantitative estimate of drug-likeness (QED) is 0.857. The molecule has 1 aromatic carbocycles. The Balaban J connectivity index is 2.89. The summed E-state index contributed by atoms with van der Waals surface area (Å²) in [5.41, 5.74) is 5.91. The highest BCUT2D eigenvalue weighted by atomic mass is 35.5. The fourth-order valence-electron chi connectivity index (χ4n) is 1.20. The number of primary amides is 1. The van der Waals surface area contributed by atoms with Gasteiger partial charge in [0.15, 0.2) is 0 Å². The lowest BCUT2D eigenvalue weighted by molar-refractivity contribution is -0.117. The van der Waals surface area contributed by atoms with Crippen LogP contribution in [0.1, 0.15) is 19.4 Å². The SMILES string of the molecule is CC(C)Oc1cc(CC(N)=O)ccc1Cl. The van der Waals surface area contributed by atoms with Crippen LogP contribution < -0.4 is 10.5 Å². The number of carbonyl (C=O) groups excluding carboxylic acids is 1. The lowest BCUT2D eigenvalue weighted by Gasteiger charge is -2.12. The van der Waals surface area contributed by atoms with Gasteiger partial charge in [0.2, 0.25) is 5.91 Å². The maximum absolute atomic E-state index is 10.7. The van der Waals surface area contributed by atoms with E-state index >= 15 is 0 Å². The van der Waals surface area contributed by atoms with Gasteiger partial charge in [-0.25, -0.2) is 0 Å². The number of benzene rings is 1. The van der Waals surface area contributed by atoms with E-state index in [1.54, 1.807) is 18.2 Å². The highest BCUT2D eigenvalue weighted by Gasteiger charge is 2.06. The minimum Gasteiger partial charge on any atom is -0.489 e. The van der Waals surface area contributed by atoms with Crippen molar-refractivity contribution in [1.82, 2.24) is 0 Å². The molecule has 0 saturated carbocycles. The molecule has 15 heavy (non-hydrogen) atoms. The number of halogens is 1. The third-order valence-corrected chi connectivity index (χ3v) is 2.05. The van der Waals surface area contributed by atoms with E-state index in [0.29, 0.717) is 10.8 Å². The van der Waals surface area contributed by atoms with Crippen molar-refractivity contribution >= 4 is 17.5 Å². The maximum Gasteiger partial charge on any atom is 0.221 e. The van der Waals surface area contributed by atoms with Gasteiger partial charge in [-0.05, 0) is 31.5 Å². The van der Waals surface area contributed by atoms with Gasteiger partial charge in [-0.2, -0.15) is 0 Å². The number of nitrogens with two attached hydrogens (primary N) is 1. The average Bonchev–Trinajstić information content (AvgIpc) is 2.09. The minimum absolute atomic E-state index is 0.0475. The molecule has 0 aliphatic carbocycles. The predicted molar refractivity (Wildman–Crippen MR) is 60.1 cm³/mol. The first-order valence-corrected chi connectivity index (χ1v) is 5.10. The van der Waals surface area contributed by atoms with Crippen LogP contribution in [0.15, 0.2) is 18.2 Å². The summed E-state index contributed by atoms with van der Waals surface area (Å²) in [5, 5.41) is 0.539. The van der Waals surface area contributed by atoms with Gasteiger partial charge in [0.25, 0.3) is 0 Å². The van der Waals surface area contributed by atoms with Crippen molar-refractivity contribution in [3.63, 3.8) is 0 Å². The molecule has 4 heteroatoms. The Kier molecular flexibility index (Phi) is 3.97. The first-order chi connectivity index (χ1) is 6.99. The van der Waals surface area contributed by atoms with E-state index in [1.807, 2.05) is 13.8 Å². The van der Waals surface area contributed by atoms with Crippen molar-refractivity contribution in [3.8, 4) is 5.75 Å². The molecule has 0 aliphatic heterocycles. The third kappa shape index (κ3) is 3.80. The Hall–Kier alpha value is -1.22. The zero-order valence-electron chi connectivity index (χ0n) is 8.79. The first kappa shape index (κ1) is 11.9. The van der Waals surface area contributed by atoms with Crippen molar-refractivity contribution in [3.05, 3.63) is 28.8 Å². The molecule has 0 unspecified atom stereocenters. The molecule has 0 aromatic heterocycles. The van der Waals surface area contributed by atoms with E-state index in [1.165, 1.54) is 0 Å². The summed E-state index contributed by atoms with van der Waals surface area (Å²) in [4.78, 5) is 10.7. The molecule has 0 radical (unpaired) electrons. The second-order valence-electron chi connectivity index (χ2n) is 3.57. The summed E-state index contributed by atoms with van der Waals surface area (Å²) in [7, 11) is 0. The topological polar surface area (TPSA) is 52.3 Å². The Morgan fingerprint density at radius 3 is 2.73 bits per heavy atom. The van der Waals surface area contributed by atoms with Crippen LogP contribution in [0.3, 0.4) is 0 Å². The van der Waals surface area contributed by atoms with E-state index in [-0.39, 0.29) is 18.4 Å². The van der Waals surface area contributed by atoms with E-state index in [4.69, 9.17) is 22.1 Å². The molecule has 1 rings (SSSR count). The first-order valence-electron chi connectivity index (χ1n) is 4.72. The maximum atomic E-state index is 10.7. The number of hydrogen-bond donors (Lipinski definition) is 1. The van der Waals surface area contributed by atoms with Crippen molar-refractivity contribution in [2.24, 2.45) is 5.73 Å². The summed E-state index contributed by atoms with van der Waals surface area (Å²) in [6.45, 7) is 3.83. The molecule has 0 atom stereocenters. The summed E-state index contributed by atoms with van der Waals surface area (Å²) >= 11 is 5.94. The Labute approximate surface area is 94.2 Å². The smallest absolute Gasteiger partial charge is 0.221 e. The van der Waals surface area contributed by atoms with Gasteiger partial charge in [-0.15, -0.1) is 0 Å². The second kappa shape index (κ2) is 5.03. The number of hydrogen-bond acceptors (Lipinski definition) is 2. The second-order valence-corrected chi connectivity index (χ2v) is 3.98. The zero-order chi connectivity index (χ0) is 11.4. The Bertz CT molecular complexity index is 364. The van der Waals surface area contributed by atoms with Crippen molar-refractivity contribution in [2.75, 3.05) is 0 Å². The lowest BCUT2D eigenvalue weighted by atomic mass is 10.1. The van der Waals surface area contributed by atoms with Gasteiger partial charge in [0.1, 0.15) is 5.75 Å². The van der Waals surface area contributed by atoms with Gasteiger partial charge in [-0.1, -0.05) is 17.7 Å². The highest BCUT2D eigenvalue weighted by Crippen LogP contribution is 2.26. The minimum atomic E-state index is -0.368. The summed E-state index contributed by atoms with van der Waals surface area (Å²) in [5.74, 6) is 0.221. The highest BCUT2D eigenvalue weighted by molar-refractivity contribution is 6.32. The third-order valence-electron chi connectivity index (χ3n) is 1.74. The van der Waals surface area contributed by atoms with Gasteiger partial charge in [-0.3, -0.25) is 4.79 Å². The normalized spacial score (nSPS) is 10.4. The van der Waals surface area contributed by atoms with Crippen LogP contribution >= 0.6 is 11.6 Å². The van der Waals surface area contributed by atoms with E-state index in [2.05, 4.69) is 0 Å². The molecular formula is C11H14ClNO2. The van der Waals surface area contributed by atoms with Gasteiger partial charge >= 0.3 is 0 Å². The number of rotatable bonds is 4. The molecule has 0 saturated heterocycles. The van der Waals surface area contributed by atoms with E-state index < -0.39 is 0 Å². The molecule has 0 heterocycles. The number of ether oxygens (including phenoxy) is 1. The van der Waals surface area contributed by atoms with E-state index in [9.17, 15) is 4.79 Å². The standard InChI is InChI=1S/C11H14ClNO2/c1-7(2)15-10-5-8(6-11(13)14)3-4-9(10)12/h3-5,7H,6H2,1-2H3,(H2,13,14). The van der Waals surface area contributed by atoms with E-state index in [0.717, 1.165) is 5.56 Å². The van der Waals surface area contributed by atoms with Crippen molar-refractivity contribution in [1.29, 1.82) is 0 Å².